The monoisotopic (exact) mass is 594 g/mol. The molecule has 0 aliphatic heterocycles. The zero-order valence-corrected chi connectivity index (χ0v) is 23.4. The lowest BCUT2D eigenvalue weighted by Crippen LogP contribution is -2.11. The van der Waals surface area contributed by atoms with Crippen molar-refractivity contribution >= 4 is 23.9 Å². The Bertz CT molecular complexity index is 1550. The number of rotatable bonds is 14. The summed E-state index contributed by atoms with van der Waals surface area (Å²) in [6.07, 6.45) is 4.61. The zero-order valence-electron chi connectivity index (χ0n) is 23.4. The highest BCUT2D eigenvalue weighted by atomic mass is 16.6. The summed E-state index contributed by atoms with van der Waals surface area (Å²) < 4.78 is 32.1. The molecule has 0 spiro atoms. The van der Waals surface area contributed by atoms with Crippen molar-refractivity contribution in [3.63, 3.8) is 0 Å². The van der Waals surface area contributed by atoms with Crippen LogP contribution in [0.4, 0.5) is 0 Å². The van der Waals surface area contributed by atoms with Gasteiger partial charge in [0.15, 0.2) is 23.0 Å². The molecule has 0 bridgehead atoms. The van der Waals surface area contributed by atoms with E-state index in [1.807, 2.05) is 0 Å². The van der Waals surface area contributed by atoms with Gasteiger partial charge in [-0.15, -0.1) is 0 Å². The van der Waals surface area contributed by atoms with Crippen LogP contribution in [0.2, 0.25) is 0 Å². The first-order valence-corrected chi connectivity index (χ1v) is 12.6. The summed E-state index contributed by atoms with van der Waals surface area (Å²) in [6, 6.07) is 13.7. The molecule has 3 aromatic rings. The summed E-state index contributed by atoms with van der Waals surface area (Å²) in [4.78, 5) is 49.1. The quantitative estimate of drug-likeness (QED) is 0.0675. The Hall–Kier alpha value is -6.42. The Labute approximate surface area is 253 Å². The first kappa shape index (κ1) is 32.1. The van der Waals surface area contributed by atoms with Crippen LogP contribution in [0, 0.1) is 0 Å². The molecule has 0 atom stereocenters. The van der Waals surface area contributed by atoms with Crippen LogP contribution in [0.25, 0.3) is 0 Å². The van der Waals surface area contributed by atoms with Gasteiger partial charge in [-0.1, -0.05) is 39.5 Å². The summed E-state index contributed by atoms with van der Waals surface area (Å²) in [5.74, 6) is -2.37. The second-order valence-electron chi connectivity index (χ2n) is 8.37. The number of carbonyl (C=O) groups excluding carboxylic acids is 4. The van der Waals surface area contributed by atoms with E-state index in [2.05, 4.69) is 39.5 Å². The highest BCUT2D eigenvalue weighted by molar-refractivity contribution is 5.93. The topological polar surface area (TPSA) is 124 Å². The third kappa shape index (κ3) is 8.79. The lowest BCUT2D eigenvalue weighted by Gasteiger charge is -2.13. The van der Waals surface area contributed by atoms with E-state index >= 15 is 0 Å². The molecule has 0 aromatic heterocycles. The molecule has 0 saturated carbocycles. The molecule has 10 nitrogen and oxygen atoms in total. The number of ether oxygens (including phenoxy) is 6. The highest BCUT2D eigenvalue weighted by Gasteiger charge is 2.18. The minimum Gasteiger partial charge on any atom is -0.454 e. The molecule has 0 radical (unpaired) electrons. The fraction of sp³-hybridized carbons (Fsp3) is 0. The normalized spacial score (nSPS) is 9.82. The first-order valence-electron chi connectivity index (χ1n) is 12.6. The van der Waals surface area contributed by atoms with Gasteiger partial charge in [0.2, 0.25) is 0 Å². The lowest BCUT2D eigenvalue weighted by molar-refractivity contribution is -0.129. The Balaban J connectivity index is 1.73. The van der Waals surface area contributed by atoms with Crippen LogP contribution >= 0.6 is 0 Å². The largest absolute Gasteiger partial charge is 0.454 e. The first-order chi connectivity index (χ1) is 21.1. The summed E-state index contributed by atoms with van der Waals surface area (Å²) in [5, 5.41) is 0. The van der Waals surface area contributed by atoms with E-state index in [1.165, 1.54) is 72.8 Å². The molecule has 44 heavy (non-hydrogen) atoms. The van der Waals surface area contributed by atoms with E-state index in [1.54, 1.807) is 0 Å². The summed E-state index contributed by atoms with van der Waals surface area (Å²) in [6.45, 7) is 21.1. The smallest absolute Gasteiger partial charge is 0.343 e. The van der Waals surface area contributed by atoms with Crippen LogP contribution in [-0.4, -0.2) is 23.9 Å². The van der Waals surface area contributed by atoms with Gasteiger partial charge in [-0.2, -0.15) is 0 Å². The van der Waals surface area contributed by atoms with Crippen LogP contribution in [0.15, 0.2) is 136 Å². The second-order valence-corrected chi connectivity index (χ2v) is 8.37. The summed E-state index contributed by atoms with van der Waals surface area (Å²) in [5.41, 5.74) is 0.0852. The third-order valence-corrected chi connectivity index (χ3v) is 5.30. The molecule has 0 unspecified atom stereocenters. The molecule has 222 valence electrons. The Morgan fingerprint density at radius 1 is 0.455 bits per heavy atom. The van der Waals surface area contributed by atoms with Gasteiger partial charge < -0.3 is 28.4 Å². The van der Waals surface area contributed by atoms with Crippen molar-refractivity contribution in [2.24, 2.45) is 0 Å². The zero-order chi connectivity index (χ0) is 32.2. The molecule has 10 heteroatoms. The van der Waals surface area contributed by atoms with Crippen LogP contribution in [-0.2, 0) is 9.59 Å². The van der Waals surface area contributed by atoms with E-state index in [4.69, 9.17) is 28.4 Å². The van der Waals surface area contributed by atoms with Crippen molar-refractivity contribution < 1.29 is 47.6 Å². The Morgan fingerprint density at radius 2 is 0.818 bits per heavy atom. The number of allylic oxidation sites excluding steroid dienone is 2. The van der Waals surface area contributed by atoms with Gasteiger partial charge in [0.05, 0.1) is 11.1 Å². The Kier molecular flexibility index (Phi) is 10.9. The van der Waals surface area contributed by atoms with E-state index in [9.17, 15) is 19.2 Å². The van der Waals surface area contributed by atoms with Crippen molar-refractivity contribution in [3.8, 4) is 34.5 Å². The van der Waals surface area contributed by atoms with Gasteiger partial charge in [-0.25, -0.2) is 19.2 Å². The molecule has 3 rings (SSSR count). The molecular weight excluding hydrogens is 568 g/mol. The van der Waals surface area contributed by atoms with Crippen LogP contribution < -0.4 is 28.4 Å². The number of benzene rings is 3. The predicted molar refractivity (Wildman–Crippen MR) is 161 cm³/mol. The minimum absolute atomic E-state index is 0.0426. The second kappa shape index (κ2) is 15.0. The molecule has 0 amide bonds. The fourth-order valence-corrected chi connectivity index (χ4v) is 3.17. The van der Waals surface area contributed by atoms with Gasteiger partial charge in [0.1, 0.15) is 23.0 Å². The van der Waals surface area contributed by atoms with E-state index in [-0.39, 0.29) is 57.1 Å². The molecule has 0 N–H and O–H groups in total. The molecule has 0 saturated heterocycles. The van der Waals surface area contributed by atoms with Gasteiger partial charge >= 0.3 is 23.9 Å². The molecule has 0 aliphatic rings. The van der Waals surface area contributed by atoms with Crippen molar-refractivity contribution in [1.82, 2.24) is 0 Å². The number of carbonyl (C=O) groups is 4. The van der Waals surface area contributed by atoms with Gasteiger partial charge in [0.25, 0.3) is 0 Å². The van der Waals surface area contributed by atoms with Crippen LogP contribution in [0.5, 0.6) is 34.5 Å². The predicted octanol–water partition coefficient (Wildman–Crippen LogP) is 6.46. The summed E-state index contributed by atoms with van der Waals surface area (Å²) in [7, 11) is 0. The maximum Gasteiger partial charge on any atom is 0.343 e. The maximum absolute atomic E-state index is 12.8. The third-order valence-electron chi connectivity index (χ3n) is 5.30. The fourth-order valence-electron chi connectivity index (χ4n) is 3.17. The van der Waals surface area contributed by atoms with Crippen molar-refractivity contribution in [2.75, 3.05) is 0 Å². The minimum atomic E-state index is -0.775. The number of hydrogen-bond donors (Lipinski definition) is 0. The number of hydrogen-bond acceptors (Lipinski definition) is 10. The van der Waals surface area contributed by atoms with E-state index in [0.29, 0.717) is 0 Å². The maximum atomic E-state index is 12.8. The van der Waals surface area contributed by atoms with Crippen LogP contribution in [0.3, 0.4) is 0 Å². The molecular formula is C34H26O10. The average molecular weight is 595 g/mol. The van der Waals surface area contributed by atoms with Gasteiger partial charge in [-0.05, 0) is 72.8 Å². The standard InChI is InChI=1S/C34H26O10/c1-7-21(5)39-27-17-11-23(19-29(27)43-31(35)9-3)33(37)41-25-13-15-26(16-14-25)42-34(38)24-12-18-28(40-22(6)8-2)30(20-24)44-32(36)10-4/h7-20H,1-6H2. The van der Waals surface area contributed by atoms with Gasteiger partial charge in [0, 0.05) is 12.2 Å². The number of esters is 4. The van der Waals surface area contributed by atoms with E-state index in [0.717, 1.165) is 12.2 Å². The lowest BCUT2D eigenvalue weighted by atomic mass is 10.2. The molecule has 0 fully saturated rings. The SMILES string of the molecule is C=CC(=C)Oc1ccc(C(=O)Oc2ccc(OC(=O)c3ccc(OC(=C)C=C)c(OC(=O)C=C)c3)cc2)cc1OC(=O)C=C. The van der Waals surface area contributed by atoms with Crippen molar-refractivity contribution in [3.05, 3.63) is 147 Å². The van der Waals surface area contributed by atoms with Gasteiger partial charge in [-0.3, -0.25) is 0 Å². The van der Waals surface area contributed by atoms with E-state index < -0.39 is 23.9 Å². The summed E-state index contributed by atoms with van der Waals surface area (Å²) >= 11 is 0. The highest BCUT2D eigenvalue weighted by Crippen LogP contribution is 2.32. The van der Waals surface area contributed by atoms with Crippen LogP contribution in [0.1, 0.15) is 20.7 Å². The molecule has 0 aliphatic carbocycles. The Morgan fingerprint density at radius 3 is 1.14 bits per heavy atom. The van der Waals surface area contributed by atoms with Crippen molar-refractivity contribution in [2.45, 2.75) is 0 Å². The van der Waals surface area contributed by atoms with Crippen molar-refractivity contribution in [1.29, 1.82) is 0 Å². The average Bonchev–Trinajstić information content (AvgIpc) is 3.02. The molecule has 0 heterocycles. The molecule has 3 aromatic carbocycles.